The molecule has 0 aliphatic heterocycles. The van der Waals surface area contributed by atoms with Gasteiger partial charge in [-0.1, -0.05) is 0 Å². The van der Waals surface area contributed by atoms with Gasteiger partial charge in [-0.05, 0) is 26.0 Å². The first-order valence-corrected chi connectivity index (χ1v) is 6.73. The molecule has 2 aromatic heterocycles. The molecule has 3 N–H and O–H groups in total. The van der Waals surface area contributed by atoms with Crippen LogP contribution >= 0.6 is 0 Å². The van der Waals surface area contributed by atoms with Crippen molar-refractivity contribution in [2.45, 2.75) is 20.4 Å². The first kappa shape index (κ1) is 15.5. The largest absolute Gasteiger partial charge is 0.450 e. The van der Waals surface area contributed by atoms with Gasteiger partial charge in [-0.15, -0.1) is 0 Å². The lowest BCUT2D eigenvalue weighted by Gasteiger charge is -2.06. The lowest BCUT2D eigenvalue weighted by Crippen LogP contribution is -2.24. The third-order valence-corrected chi connectivity index (χ3v) is 2.90. The van der Waals surface area contributed by atoms with E-state index in [1.54, 1.807) is 26.0 Å². The number of nitrogen functional groups attached to an aromatic ring is 1. The molecule has 0 spiro atoms. The fourth-order valence-corrected chi connectivity index (χ4v) is 1.76. The van der Waals surface area contributed by atoms with Crippen LogP contribution in [-0.2, 0) is 11.3 Å². The molecular weight excluding hydrogens is 286 g/mol. The normalized spacial score (nSPS) is 10.3. The maximum atomic E-state index is 12.3. The SMILES string of the molecule is CCOC(=O)NCc1cc(C(=O)n2cc(N)c(C)n2)ccn1. The quantitative estimate of drug-likeness (QED) is 0.874. The van der Waals surface area contributed by atoms with Crippen LogP contribution in [0.25, 0.3) is 0 Å². The first-order valence-electron chi connectivity index (χ1n) is 6.73. The number of alkyl carbamates (subject to hydrolysis) is 1. The molecule has 0 unspecified atom stereocenters. The number of amides is 1. The molecule has 2 aromatic rings. The van der Waals surface area contributed by atoms with E-state index in [2.05, 4.69) is 15.4 Å². The van der Waals surface area contributed by atoms with Gasteiger partial charge in [0.1, 0.15) is 0 Å². The topological polar surface area (TPSA) is 112 Å². The maximum Gasteiger partial charge on any atom is 0.407 e. The van der Waals surface area contributed by atoms with Crippen LogP contribution in [0.3, 0.4) is 0 Å². The number of hydrogen-bond acceptors (Lipinski definition) is 6. The second-order valence-electron chi connectivity index (χ2n) is 4.53. The molecule has 0 aliphatic rings. The van der Waals surface area contributed by atoms with Crippen molar-refractivity contribution in [2.75, 3.05) is 12.3 Å². The summed E-state index contributed by atoms with van der Waals surface area (Å²) < 4.78 is 5.94. The Morgan fingerprint density at radius 3 is 2.86 bits per heavy atom. The van der Waals surface area contributed by atoms with E-state index >= 15 is 0 Å². The van der Waals surface area contributed by atoms with Crippen LogP contribution in [0.1, 0.15) is 28.7 Å². The second kappa shape index (κ2) is 6.70. The van der Waals surface area contributed by atoms with Crippen LogP contribution in [-0.4, -0.2) is 33.4 Å². The number of anilines is 1. The van der Waals surface area contributed by atoms with Crippen molar-refractivity contribution in [3.63, 3.8) is 0 Å². The smallest absolute Gasteiger partial charge is 0.407 e. The van der Waals surface area contributed by atoms with E-state index < -0.39 is 6.09 Å². The van der Waals surface area contributed by atoms with Crippen molar-refractivity contribution in [3.8, 4) is 0 Å². The van der Waals surface area contributed by atoms with E-state index in [0.717, 1.165) is 0 Å². The summed E-state index contributed by atoms with van der Waals surface area (Å²) >= 11 is 0. The number of aromatic nitrogens is 3. The number of nitrogens with two attached hydrogens (primary N) is 1. The molecule has 0 atom stereocenters. The Hall–Kier alpha value is -2.90. The van der Waals surface area contributed by atoms with Gasteiger partial charge in [0.2, 0.25) is 0 Å². The monoisotopic (exact) mass is 303 g/mol. The third kappa shape index (κ3) is 3.60. The zero-order chi connectivity index (χ0) is 16.1. The van der Waals surface area contributed by atoms with Gasteiger partial charge in [0.25, 0.3) is 5.91 Å². The highest BCUT2D eigenvalue weighted by Crippen LogP contribution is 2.10. The van der Waals surface area contributed by atoms with Gasteiger partial charge in [-0.3, -0.25) is 9.78 Å². The van der Waals surface area contributed by atoms with Crippen molar-refractivity contribution in [1.82, 2.24) is 20.1 Å². The van der Waals surface area contributed by atoms with Crippen LogP contribution in [0.2, 0.25) is 0 Å². The number of ether oxygens (including phenoxy) is 1. The van der Waals surface area contributed by atoms with Gasteiger partial charge in [-0.2, -0.15) is 5.10 Å². The summed E-state index contributed by atoms with van der Waals surface area (Å²) in [5.41, 5.74) is 7.67. The number of hydrogen-bond donors (Lipinski definition) is 2. The Morgan fingerprint density at radius 1 is 1.45 bits per heavy atom. The molecule has 2 heterocycles. The molecule has 0 saturated carbocycles. The number of pyridine rings is 1. The number of rotatable bonds is 4. The van der Waals surface area contributed by atoms with Crippen LogP contribution in [0.5, 0.6) is 0 Å². The van der Waals surface area contributed by atoms with Crippen LogP contribution in [0, 0.1) is 6.92 Å². The predicted octanol–water partition coefficient (Wildman–Crippen LogP) is 1.10. The highest BCUT2D eigenvalue weighted by atomic mass is 16.5. The molecule has 0 bridgehead atoms. The zero-order valence-corrected chi connectivity index (χ0v) is 12.4. The minimum Gasteiger partial charge on any atom is -0.450 e. The van der Waals surface area contributed by atoms with Crippen LogP contribution in [0.4, 0.5) is 10.5 Å². The summed E-state index contributed by atoms with van der Waals surface area (Å²) in [6.45, 7) is 3.90. The molecule has 0 fully saturated rings. The Morgan fingerprint density at radius 2 is 2.23 bits per heavy atom. The summed E-state index contributed by atoms with van der Waals surface area (Å²) in [5, 5.41) is 6.59. The van der Waals surface area contributed by atoms with E-state index in [1.165, 1.54) is 17.1 Å². The van der Waals surface area contributed by atoms with Gasteiger partial charge in [-0.25, -0.2) is 9.48 Å². The van der Waals surface area contributed by atoms with E-state index in [9.17, 15) is 9.59 Å². The first-order chi connectivity index (χ1) is 10.5. The average molecular weight is 303 g/mol. The number of carbonyl (C=O) groups excluding carboxylic acids is 2. The minimum absolute atomic E-state index is 0.167. The summed E-state index contributed by atoms with van der Waals surface area (Å²) in [6, 6.07) is 3.16. The number of carbonyl (C=O) groups is 2. The standard InChI is InChI=1S/C14H17N5O3/c1-3-22-14(21)17-7-11-6-10(4-5-16-11)13(20)19-8-12(15)9(2)18-19/h4-6,8H,3,7,15H2,1-2H3,(H,17,21). The Bertz CT molecular complexity index is 676. The molecule has 0 aliphatic carbocycles. The van der Waals surface area contributed by atoms with E-state index in [1.807, 2.05) is 0 Å². The van der Waals surface area contributed by atoms with Crippen molar-refractivity contribution < 1.29 is 14.3 Å². The van der Waals surface area contributed by atoms with Gasteiger partial charge < -0.3 is 15.8 Å². The minimum atomic E-state index is -0.531. The maximum absolute atomic E-state index is 12.3. The van der Waals surface area contributed by atoms with Crippen molar-refractivity contribution in [1.29, 1.82) is 0 Å². The molecule has 1 amide bonds. The predicted molar refractivity (Wildman–Crippen MR) is 79.2 cm³/mol. The Labute approximate surface area is 127 Å². The van der Waals surface area contributed by atoms with E-state index in [0.29, 0.717) is 22.6 Å². The lowest BCUT2D eigenvalue weighted by molar-refractivity contribution is 0.0944. The van der Waals surface area contributed by atoms with E-state index in [-0.39, 0.29) is 19.1 Å². The summed E-state index contributed by atoms with van der Waals surface area (Å²) in [6.07, 6.45) is 2.43. The van der Waals surface area contributed by atoms with Crippen LogP contribution < -0.4 is 11.1 Å². The summed E-state index contributed by atoms with van der Waals surface area (Å²) in [4.78, 5) is 27.6. The van der Waals surface area contributed by atoms with Gasteiger partial charge in [0.15, 0.2) is 0 Å². The Kier molecular flexibility index (Phi) is 4.72. The zero-order valence-electron chi connectivity index (χ0n) is 12.4. The molecule has 22 heavy (non-hydrogen) atoms. The molecule has 0 radical (unpaired) electrons. The van der Waals surface area contributed by atoms with Crippen molar-refractivity contribution in [2.24, 2.45) is 0 Å². The molecule has 8 nitrogen and oxygen atoms in total. The van der Waals surface area contributed by atoms with Gasteiger partial charge >= 0.3 is 6.09 Å². The third-order valence-electron chi connectivity index (χ3n) is 2.90. The Balaban J connectivity index is 2.10. The highest BCUT2D eigenvalue weighted by Gasteiger charge is 2.13. The fraction of sp³-hybridized carbons (Fsp3) is 0.286. The lowest BCUT2D eigenvalue weighted by atomic mass is 10.2. The van der Waals surface area contributed by atoms with Gasteiger partial charge in [0, 0.05) is 11.8 Å². The molecule has 2 rings (SSSR count). The number of nitrogens with zero attached hydrogens (tertiary/aromatic N) is 3. The molecule has 0 saturated heterocycles. The average Bonchev–Trinajstić information content (AvgIpc) is 2.84. The summed E-state index contributed by atoms with van der Waals surface area (Å²) in [7, 11) is 0. The van der Waals surface area contributed by atoms with Crippen molar-refractivity contribution >= 4 is 17.7 Å². The highest BCUT2D eigenvalue weighted by molar-refractivity contribution is 5.95. The summed E-state index contributed by atoms with van der Waals surface area (Å²) in [5.74, 6) is -0.320. The molecule has 0 aromatic carbocycles. The molecular formula is C14H17N5O3. The molecule has 8 heteroatoms. The van der Waals surface area contributed by atoms with Crippen molar-refractivity contribution in [3.05, 3.63) is 41.5 Å². The van der Waals surface area contributed by atoms with Gasteiger partial charge in [0.05, 0.1) is 36.4 Å². The fourth-order valence-electron chi connectivity index (χ4n) is 1.76. The second-order valence-corrected chi connectivity index (χ2v) is 4.53. The van der Waals surface area contributed by atoms with Crippen LogP contribution in [0.15, 0.2) is 24.5 Å². The van der Waals surface area contributed by atoms with E-state index in [4.69, 9.17) is 10.5 Å². The molecule has 116 valence electrons. The number of nitrogens with one attached hydrogen (secondary N) is 1. The number of aryl methyl sites for hydroxylation is 1.